The van der Waals surface area contributed by atoms with Gasteiger partial charge in [0.1, 0.15) is 0 Å². The molecule has 2 fully saturated rings. The second kappa shape index (κ2) is 8.50. The van der Waals surface area contributed by atoms with E-state index in [0.29, 0.717) is 12.0 Å². The Morgan fingerprint density at radius 3 is 2.24 bits per heavy atom. The molecule has 1 aliphatic heterocycles. The van der Waals surface area contributed by atoms with Crippen molar-refractivity contribution >= 4 is 0 Å². The highest BCUT2D eigenvalue weighted by Gasteiger charge is 2.32. The smallest absolute Gasteiger partial charge is 0.0578 e. The first kappa shape index (κ1) is 17.2. The molecule has 0 aromatic carbocycles. The molecule has 3 nitrogen and oxygen atoms in total. The van der Waals surface area contributed by atoms with Crippen LogP contribution < -0.4 is 0 Å². The first-order chi connectivity index (χ1) is 10.1. The van der Waals surface area contributed by atoms with E-state index in [1.807, 2.05) is 0 Å². The van der Waals surface area contributed by atoms with Gasteiger partial charge >= 0.3 is 0 Å². The molecule has 0 aromatic heterocycles. The number of aliphatic hydroxyl groups excluding tert-OH is 1. The number of hydrogen-bond acceptors (Lipinski definition) is 3. The molecule has 1 saturated heterocycles. The van der Waals surface area contributed by atoms with E-state index in [2.05, 4.69) is 30.7 Å². The van der Waals surface area contributed by atoms with Gasteiger partial charge in [-0.3, -0.25) is 4.90 Å². The summed E-state index contributed by atoms with van der Waals surface area (Å²) in [6.07, 6.45) is 9.16. The van der Waals surface area contributed by atoms with Crippen LogP contribution in [0, 0.1) is 11.8 Å². The van der Waals surface area contributed by atoms with Gasteiger partial charge in [-0.05, 0) is 31.7 Å². The molecule has 1 saturated carbocycles. The maximum Gasteiger partial charge on any atom is 0.0578 e. The van der Waals surface area contributed by atoms with Crippen molar-refractivity contribution in [1.29, 1.82) is 0 Å². The van der Waals surface area contributed by atoms with Crippen molar-refractivity contribution in [3.8, 4) is 0 Å². The lowest BCUT2D eigenvalue weighted by atomic mass is 9.80. The Morgan fingerprint density at radius 2 is 1.67 bits per heavy atom. The minimum absolute atomic E-state index is 0.141. The highest BCUT2D eigenvalue weighted by atomic mass is 16.3. The van der Waals surface area contributed by atoms with Crippen molar-refractivity contribution < 1.29 is 5.11 Å². The number of aliphatic hydroxyl groups is 1. The van der Waals surface area contributed by atoms with Crippen LogP contribution in [0.1, 0.15) is 58.8 Å². The standard InChI is InChI=1S/C18H36N2O/c1-4-18(21)15(2)17(14-16-8-6-5-7-9-16)20-12-10-19(3)11-13-20/h15-18,21H,4-14H2,1-3H3. The quantitative estimate of drug-likeness (QED) is 0.816. The Kier molecular flexibility index (Phi) is 6.97. The molecule has 0 aromatic rings. The summed E-state index contributed by atoms with van der Waals surface area (Å²) in [4.78, 5) is 5.10. The number of nitrogens with zero attached hydrogens (tertiary/aromatic N) is 2. The summed E-state index contributed by atoms with van der Waals surface area (Å²) >= 11 is 0. The first-order valence-corrected chi connectivity index (χ1v) is 9.22. The fourth-order valence-electron chi connectivity index (χ4n) is 4.24. The Balaban J connectivity index is 1.98. The summed E-state index contributed by atoms with van der Waals surface area (Å²) in [7, 11) is 2.22. The maximum absolute atomic E-state index is 10.4. The zero-order valence-corrected chi connectivity index (χ0v) is 14.4. The number of hydrogen-bond donors (Lipinski definition) is 1. The van der Waals surface area contributed by atoms with Crippen molar-refractivity contribution in [2.45, 2.75) is 70.9 Å². The molecule has 124 valence electrons. The molecular weight excluding hydrogens is 260 g/mol. The van der Waals surface area contributed by atoms with Crippen molar-refractivity contribution in [2.24, 2.45) is 11.8 Å². The van der Waals surface area contributed by atoms with Crippen LogP contribution in [0.4, 0.5) is 0 Å². The van der Waals surface area contributed by atoms with Crippen molar-refractivity contribution in [3.63, 3.8) is 0 Å². The van der Waals surface area contributed by atoms with Gasteiger partial charge in [0.15, 0.2) is 0 Å². The van der Waals surface area contributed by atoms with Gasteiger partial charge in [-0.2, -0.15) is 0 Å². The van der Waals surface area contributed by atoms with Gasteiger partial charge < -0.3 is 10.0 Å². The van der Waals surface area contributed by atoms with Crippen LogP contribution in [0.15, 0.2) is 0 Å². The average Bonchev–Trinajstić information content (AvgIpc) is 2.53. The van der Waals surface area contributed by atoms with E-state index in [4.69, 9.17) is 0 Å². The van der Waals surface area contributed by atoms with Crippen LogP contribution in [0.25, 0.3) is 0 Å². The molecule has 0 radical (unpaired) electrons. The summed E-state index contributed by atoms with van der Waals surface area (Å²) < 4.78 is 0. The SMILES string of the molecule is CCC(O)C(C)C(CC1CCCCC1)N1CCN(C)CC1. The molecule has 3 atom stereocenters. The summed E-state index contributed by atoms with van der Waals surface area (Å²) in [6.45, 7) is 9.10. The number of likely N-dealkylation sites (N-methyl/N-ethyl adjacent to an activating group) is 1. The molecular formula is C18H36N2O. The summed E-state index contributed by atoms with van der Waals surface area (Å²) in [6, 6.07) is 0.580. The van der Waals surface area contributed by atoms with Crippen molar-refractivity contribution in [1.82, 2.24) is 9.80 Å². The van der Waals surface area contributed by atoms with Gasteiger partial charge in [0, 0.05) is 32.2 Å². The van der Waals surface area contributed by atoms with E-state index in [-0.39, 0.29) is 6.10 Å². The molecule has 3 unspecified atom stereocenters. The zero-order chi connectivity index (χ0) is 15.2. The number of piperazine rings is 1. The predicted octanol–water partition coefficient (Wildman–Crippen LogP) is 2.98. The Morgan fingerprint density at radius 1 is 1.05 bits per heavy atom. The van der Waals surface area contributed by atoms with E-state index in [1.165, 1.54) is 64.7 Å². The fraction of sp³-hybridized carbons (Fsp3) is 1.00. The van der Waals surface area contributed by atoms with Gasteiger partial charge in [-0.1, -0.05) is 46.0 Å². The minimum Gasteiger partial charge on any atom is -0.393 e. The van der Waals surface area contributed by atoms with Gasteiger partial charge in [0.25, 0.3) is 0 Å². The van der Waals surface area contributed by atoms with Crippen LogP contribution in [-0.2, 0) is 0 Å². The molecule has 21 heavy (non-hydrogen) atoms. The summed E-state index contributed by atoms with van der Waals surface area (Å²) in [5.41, 5.74) is 0. The van der Waals surface area contributed by atoms with E-state index >= 15 is 0 Å². The Hall–Kier alpha value is -0.120. The normalized spacial score (nSPS) is 27.4. The Labute approximate surface area is 131 Å². The third kappa shape index (κ3) is 4.94. The summed E-state index contributed by atoms with van der Waals surface area (Å²) in [5, 5.41) is 10.4. The Bertz CT molecular complexity index is 283. The largest absolute Gasteiger partial charge is 0.393 e. The van der Waals surface area contributed by atoms with Crippen LogP contribution in [0.2, 0.25) is 0 Å². The fourth-order valence-corrected chi connectivity index (χ4v) is 4.24. The van der Waals surface area contributed by atoms with Gasteiger partial charge in [0.05, 0.1) is 6.10 Å². The lowest BCUT2D eigenvalue weighted by Gasteiger charge is -2.43. The second-order valence-corrected chi connectivity index (χ2v) is 7.48. The van der Waals surface area contributed by atoms with Gasteiger partial charge in [0.2, 0.25) is 0 Å². The maximum atomic E-state index is 10.4. The van der Waals surface area contributed by atoms with Crippen LogP contribution in [-0.4, -0.2) is 60.3 Å². The highest BCUT2D eigenvalue weighted by molar-refractivity contribution is 4.86. The molecule has 0 bridgehead atoms. The first-order valence-electron chi connectivity index (χ1n) is 9.22. The van der Waals surface area contributed by atoms with E-state index in [0.717, 1.165) is 12.3 Å². The molecule has 1 N–H and O–H groups in total. The van der Waals surface area contributed by atoms with E-state index in [9.17, 15) is 5.11 Å². The van der Waals surface area contributed by atoms with Crippen molar-refractivity contribution in [3.05, 3.63) is 0 Å². The third-order valence-electron chi connectivity index (χ3n) is 5.94. The molecule has 2 aliphatic rings. The second-order valence-electron chi connectivity index (χ2n) is 7.48. The predicted molar refractivity (Wildman–Crippen MR) is 89.5 cm³/mol. The van der Waals surface area contributed by atoms with Crippen LogP contribution in [0.3, 0.4) is 0 Å². The number of rotatable bonds is 6. The van der Waals surface area contributed by atoms with Crippen molar-refractivity contribution in [2.75, 3.05) is 33.2 Å². The van der Waals surface area contributed by atoms with Crippen LogP contribution >= 0.6 is 0 Å². The third-order valence-corrected chi connectivity index (χ3v) is 5.94. The molecule has 1 aliphatic carbocycles. The van der Waals surface area contributed by atoms with Gasteiger partial charge in [-0.15, -0.1) is 0 Å². The summed E-state index contributed by atoms with van der Waals surface area (Å²) in [5.74, 6) is 1.30. The lowest BCUT2D eigenvalue weighted by Crippen LogP contribution is -2.53. The highest BCUT2D eigenvalue weighted by Crippen LogP contribution is 2.32. The monoisotopic (exact) mass is 296 g/mol. The molecule has 0 spiro atoms. The lowest BCUT2D eigenvalue weighted by molar-refractivity contribution is 0.0106. The van der Waals surface area contributed by atoms with E-state index < -0.39 is 0 Å². The zero-order valence-electron chi connectivity index (χ0n) is 14.4. The van der Waals surface area contributed by atoms with Gasteiger partial charge in [-0.25, -0.2) is 0 Å². The molecule has 3 heteroatoms. The topological polar surface area (TPSA) is 26.7 Å². The average molecular weight is 296 g/mol. The molecule has 1 heterocycles. The van der Waals surface area contributed by atoms with E-state index in [1.54, 1.807) is 0 Å². The minimum atomic E-state index is -0.141. The molecule has 0 amide bonds. The van der Waals surface area contributed by atoms with Crippen LogP contribution in [0.5, 0.6) is 0 Å². The molecule has 2 rings (SSSR count).